The van der Waals surface area contributed by atoms with E-state index in [1.165, 1.54) is 11.5 Å². The summed E-state index contributed by atoms with van der Waals surface area (Å²) in [5.41, 5.74) is -2.34. The zero-order valence-electron chi connectivity index (χ0n) is 19.7. The first-order valence-electron chi connectivity index (χ1n) is 12.0. The van der Waals surface area contributed by atoms with Crippen LogP contribution >= 0.6 is 11.5 Å². The summed E-state index contributed by atoms with van der Waals surface area (Å²) < 4.78 is 91.5. The lowest BCUT2D eigenvalue weighted by atomic mass is 9.92. The molecule has 2 bridgehead atoms. The van der Waals surface area contributed by atoms with Crippen LogP contribution in [-0.2, 0) is 6.18 Å². The van der Waals surface area contributed by atoms with E-state index in [4.69, 9.17) is 4.74 Å². The van der Waals surface area contributed by atoms with Crippen LogP contribution in [0.2, 0.25) is 0 Å². The molecule has 6 rings (SSSR count). The second-order valence-electron chi connectivity index (χ2n) is 10.3. The van der Waals surface area contributed by atoms with Crippen LogP contribution in [0.5, 0.6) is 5.75 Å². The lowest BCUT2D eigenvalue weighted by Crippen LogP contribution is -2.48. The van der Waals surface area contributed by atoms with Gasteiger partial charge in [0.2, 0.25) is 5.95 Å². The number of alkyl halides is 6. The Morgan fingerprint density at radius 2 is 1.81 bits per heavy atom. The number of halogens is 6. The van der Waals surface area contributed by atoms with E-state index in [-0.39, 0.29) is 48.1 Å². The molecule has 3 aromatic heterocycles. The maximum absolute atomic E-state index is 13.7. The highest BCUT2D eigenvalue weighted by atomic mass is 32.1. The van der Waals surface area contributed by atoms with Crippen molar-refractivity contribution in [2.75, 3.05) is 29.9 Å². The Kier molecular flexibility index (Phi) is 5.55. The summed E-state index contributed by atoms with van der Waals surface area (Å²) in [7, 11) is 0. The van der Waals surface area contributed by atoms with E-state index >= 15 is 0 Å². The second-order valence-corrected chi connectivity index (χ2v) is 11.1. The first kappa shape index (κ1) is 24.6. The van der Waals surface area contributed by atoms with Crippen LogP contribution in [-0.4, -0.2) is 50.9 Å². The number of anilines is 2. The fourth-order valence-corrected chi connectivity index (χ4v) is 6.27. The van der Waals surface area contributed by atoms with Gasteiger partial charge in [-0.15, -0.1) is 5.10 Å². The molecule has 2 aliphatic carbocycles. The van der Waals surface area contributed by atoms with Crippen molar-refractivity contribution >= 4 is 28.1 Å². The Morgan fingerprint density at radius 3 is 2.38 bits per heavy atom. The summed E-state index contributed by atoms with van der Waals surface area (Å²) in [5, 5.41) is 8.41. The van der Waals surface area contributed by atoms with Crippen molar-refractivity contribution in [3.05, 3.63) is 29.6 Å². The van der Waals surface area contributed by atoms with E-state index in [0.29, 0.717) is 4.52 Å². The third-order valence-corrected chi connectivity index (χ3v) is 8.70. The number of nitrogens with zero attached hydrogens (tertiary/aromatic N) is 5. The first-order chi connectivity index (χ1) is 17.4. The molecular weight excluding hydrogens is 522 g/mol. The number of piperidine rings is 1. The van der Waals surface area contributed by atoms with Crippen LogP contribution in [0.1, 0.15) is 37.1 Å². The lowest BCUT2D eigenvalue weighted by molar-refractivity contribution is -0.194. The molecule has 0 radical (unpaired) electrons. The Balaban J connectivity index is 1.25. The van der Waals surface area contributed by atoms with E-state index in [9.17, 15) is 26.3 Å². The number of nitrogens with one attached hydrogen (secondary N) is 1. The van der Waals surface area contributed by atoms with Gasteiger partial charge in [0, 0.05) is 19.1 Å². The minimum absolute atomic E-state index is 0.00231. The van der Waals surface area contributed by atoms with Crippen molar-refractivity contribution in [3.63, 3.8) is 0 Å². The number of pyridine rings is 1. The van der Waals surface area contributed by atoms with Crippen molar-refractivity contribution in [2.45, 2.75) is 51.0 Å². The van der Waals surface area contributed by atoms with Gasteiger partial charge in [-0.3, -0.25) is 0 Å². The van der Waals surface area contributed by atoms with Gasteiger partial charge >= 0.3 is 12.4 Å². The van der Waals surface area contributed by atoms with Crippen molar-refractivity contribution < 1.29 is 31.1 Å². The molecule has 2 saturated carbocycles. The monoisotopic (exact) mass is 546 g/mol. The van der Waals surface area contributed by atoms with Gasteiger partial charge < -0.3 is 15.0 Å². The molecule has 0 spiro atoms. The Morgan fingerprint density at radius 1 is 1.11 bits per heavy atom. The largest absolute Gasteiger partial charge is 0.489 e. The standard InChI is InChI=1S/C23H24F6N6OS/c1-12-8-17(37-33-12)34-9-13-2-3-14(10-34)18(13)30-20-31-19-15(36-11-21(6-7-21)23(27,28)29)4-5-16(22(24,25)26)35(19)32-20/h4-5,8,13-14,18H,2-3,6-7,9-11H2,1H3,(H,30,32)/t13-,14+,18-. The highest BCUT2D eigenvalue weighted by Gasteiger charge is 2.64. The van der Waals surface area contributed by atoms with Gasteiger partial charge in [0.15, 0.2) is 11.4 Å². The number of rotatable bonds is 6. The molecule has 37 heavy (non-hydrogen) atoms. The first-order valence-corrected chi connectivity index (χ1v) is 12.8. The highest BCUT2D eigenvalue weighted by molar-refractivity contribution is 7.10. The predicted molar refractivity (Wildman–Crippen MR) is 124 cm³/mol. The molecule has 7 nitrogen and oxygen atoms in total. The van der Waals surface area contributed by atoms with E-state index in [1.54, 1.807) is 0 Å². The van der Waals surface area contributed by atoms with Crippen LogP contribution in [0, 0.1) is 24.2 Å². The van der Waals surface area contributed by atoms with Crippen LogP contribution in [0.3, 0.4) is 0 Å². The average Bonchev–Trinajstić information content (AvgIpc) is 3.24. The normalized spacial score (nSPS) is 25.1. The summed E-state index contributed by atoms with van der Waals surface area (Å²) in [6.45, 7) is 2.83. The van der Waals surface area contributed by atoms with Crippen LogP contribution in [0.25, 0.3) is 5.65 Å². The highest BCUT2D eigenvalue weighted by Crippen LogP contribution is 2.57. The summed E-state index contributed by atoms with van der Waals surface area (Å²) in [5.74, 6) is 0.323. The minimum atomic E-state index is -4.73. The molecule has 0 unspecified atom stereocenters. The Hall–Kier alpha value is -2.77. The molecule has 4 heterocycles. The fraction of sp³-hybridized carbons (Fsp3) is 0.609. The molecule has 14 heteroatoms. The molecule has 1 saturated heterocycles. The van der Waals surface area contributed by atoms with Crippen molar-refractivity contribution in [1.82, 2.24) is 19.0 Å². The van der Waals surface area contributed by atoms with E-state index in [1.807, 2.05) is 13.0 Å². The number of aryl methyl sites for hydroxylation is 1. The quantitative estimate of drug-likeness (QED) is 0.409. The average molecular weight is 547 g/mol. The minimum Gasteiger partial charge on any atom is -0.489 e. The second kappa shape index (κ2) is 8.37. The third-order valence-electron chi connectivity index (χ3n) is 7.75. The molecule has 1 N–H and O–H groups in total. The van der Waals surface area contributed by atoms with Crippen LogP contribution in [0.4, 0.5) is 37.3 Å². The summed E-state index contributed by atoms with van der Waals surface area (Å²) in [6.07, 6.45) is -7.40. The van der Waals surface area contributed by atoms with Crippen LogP contribution < -0.4 is 15.0 Å². The Bertz CT molecular complexity index is 1300. The molecule has 3 aliphatic rings. The van der Waals surface area contributed by atoms with Crippen molar-refractivity contribution in [3.8, 4) is 5.75 Å². The van der Waals surface area contributed by atoms with E-state index in [2.05, 4.69) is 24.7 Å². The van der Waals surface area contributed by atoms with E-state index in [0.717, 1.165) is 48.8 Å². The molecule has 3 fully saturated rings. The molecular formula is C23H24F6N6OS. The molecule has 200 valence electrons. The number of hydrogen-bond acceptors (Lipinski definition) is 7. The van der Waals surface area contributed by atoms with Gasteiger partial charge in [0.1, 0.15) is 22.7 Å². The summed E-state index contributed by atoms with van der Waals surface area (Å²) in [4.78, 5) is 6.55. The maximum atomic E-state index is 13.7. The molecule has 3 aromatic rings. The predicted octanol–water partition coefficient (Wildman–Crippen LogP) is 5.56. The smallest absolute Gasteiger partial charge is 0.433 e. The topological polar surface area (TPSA) is 67.6 Å². The van der Waals surface area contributed by atoms with Crippen molar-refractivity contribution in [2.24, 2.45) is 17.3 Å². The van der Waals surface area contributed by atoms with E-state index < -0.39 is 30.1 Å². The molecule has 0 amide bonds. The Labute approximate surface area is 212 Å². The third kappa shape index (κ3) is 4.36. The number of aromatic nitrogens is 4. The SMILES string of the molecule is Cc1cc(N2C[C@H]3CC[C@@H](C2)[C@@H]3Nc2nc3c(OCC4(C(F)(F)F)CC4)ccc(C(F)(F)F)n3n2)sn1. The maximum Gasteiger partial charge on any atom is 0.433 e. The van der Waals surface area contributed by atoms with Gasteiger partial charge in [0.25, 0.3) is 0 Å². The molecule has 1 aliphatic heterocycles. The van der Waals surface area contributed by atoms with Gasteiger partial charge in [-0.05, 0) is 74.2 Å². The van der Waals surface area contributed by atoms with Gasteiger partial charge in [-0.1, -0.05) is 0 Å². The number of ether oxygens (including phenoxy) is 1. The van der Waals surface area contributed by atoms with Crippen LogP contribution in [0.15, 0.2) is 18.2 Å². The van der Waals surface area contributed by atoms with Gasteiger partial charge in [-0.25, -0.2) is 4.52 Å². The summed E-state index contributed by atoms with van der Waals surface area (Å²) in [6, 6.07) is 3.79. The fourth-order valence-electron chi connectivity index (χ4n) is 5.49. The zero-order valence-corrected chi connectivity index (χ0v) is 20.6. The zero-order chi connectivity index (χ0) is 26.2. The number of hydrogen-bond donors (Lipinski definition) is 1. The number of fused-ring (bicyclic) bond motifs is 3. The lowest BCUT2D eigenvalue weighted by Gasteiger charge is -2.38. The molecule has 0 aromatic carbocycles. The van der Waals surface area contributed by atoms with Crippen molar-refractivity contribution in [1.29, 1.82) is 0 Å². The summed E-state index contributed by atoms with van der Waals surface area (Å²) >= 11 is 1.45. The van der Waals surface area contributed by atoms with Gasteiger partial charge in [-0.2, -0.15) is 35.7 Å². The van der Waals surface area contributed by atoms with Gasteiger partial charge in [0.05, 0.1) is 5.69 Å². The molecule has 3 atom stereocenters.